The molecule has 1 aromatic rings. The summed E-state index contributed by atoms with van der Waals surface area (Å²) in [6, 6.07) is 8.78. The van der Waals surface area contributed by atoms with E-state index >= 15 is 0 Å². The molecule has 2 atom stereocenters. The summed E-state index contributed by atoms with van der Waals surface area (Å²) in [5.41, 5.74) is 2.78. The Morgan fingerprint density at radius 2 is 1.89 bits per heavy atom. The first-order valence-corrected chi connectivity index (χ1v) is 6.82. The van der Waals surface area contributed by atoms with Gasteiger partial charge in [0.05, 0.1) is 5.92 Å². The summed E-state index contributed by atoms with van der Waals surface area (Å²) in [5, 5.41) is 6.50. The van der Waals surface area contributed by atoms with Crippen molar-refractivity contribution in [2.75, 3.05) is 13.1 Å². The van der Waals surface area contributed by atoms with Crippen LogP contribution in [0.5, 0.6) is 0 Å². The highest BCUT2D eigenvalue weighted by Crippen LogP contribution is 2.23. The molecule has 1 aliphatic heterocycles. The molecule has 1 fully saturated rings. The minimum atomic E-state index is 0.147. The molecule has 3 rings (SSSR count). The first-order chi connectivity index (χ1) is 8.74. The molecule has 96 valence electrons. The molecule has 1 aliphatic carbocycles. The van der Waals surface area contributed by atoms with Gasteiger partial charge in [0.2, 0.25) is 5.91 Å². The average Bonchev–Trinajstić information content (AvgIpc) is 2.94. The largest absolute Gasteiger partial charge is 0.352 e. The van der Waals surface area contributed by atoms with Gasteiger partial charge in [-0.2, -0.15) is 0 Å². The topological polar surface area (TPSA) is 41.1 Å². The molecular weight excluding hydrogens is 224 g/mol. The third kappa shape index (κ3) is 2.15. The van der Waals surface area contributed by atoms with Crippen molar-refractivity contribution in [2.24, 2.45) is 11.8 Å². The van der Waals surface area contributed by atoms with Gasteiger partial charge >= 0.3 is 0 Å². The number of carbonyl (C=O) groups excluding carboxylic acids is 1. The molecule has 18 heavy (non-hydrogen) atoms. The Labute approximate surface area is 108 Å². The lowest BCUT2D eigenvalue weighted by atomic mass is 9.97. The summed E-state index contributed by atoms with van der Waals surface area (Å²) in [6.45, 7) is 3.93. The lowest BCUT2D eigenvalue weighted by molar-refractivity contribution is -0.126. The van der Waals surface area contributed by atoms with Crippen LogP contribution >= 0.6 is 0 Å². The van der Waals surface area contributed by atoms with E-state index in [1.54, 1.807) is 0 Å². The van der Waals surface area contributed by atoms with Crippen molar-refractivity contribution < 1.29 is 4.79 Å². The summed E-state index contributed by atoms with van der Waals surface area (Å²) >= 11 is 0. The van der Waals surface area contributed by atoms with Crippen LogP contribution in [0.15, 0.2) is 24.3 Å². The van der Waals surface area contributed by atoms with Gasteiger partial charge in [-0.25, -0.2) is 0 Å². The maximum Gasteiger partial charge on any atom is 0.224 e. The van der Waals surface area contributed by atoms with E-state index in [1.807, 2.05) is 0 Å². The lowest BCUT2D eigenvalue weighted by Gasteiger charge is -2.18. The first-order valence-electron chi connectivity index (χ1n) is 6.82. The molecule has 0 spiro atoms. The fourth-order valence-electron chi connectivity index (χ4n) is 3.13. The molecule has 0 aromatic heterocycles. The van der Waals surface area contributed by atoms with Crippen LogP contribution < -0.4 is 10.6 Å². The Bertz CT molecular complexity index is 433. The van der Waals surface area contributed by atoms with Crippen LogP contribution in [0.25, 0.3) is 0 Å². The van der Waals surface area contributed by atoms with Crippen molar-refractivity contribution in [1.29, 1.82) is 0 Å². The van der Waals surface area contributed by atoms with Gasteiger partial charge < -0.3 is 10.6 Å². The highest BCUT2D eigenvalue weighted by molar-refractivity contribution is 5.80. The summed E-state index contributed by atoms with van der Waals surface area (Å²) in [5.74, 6) is 0.827. The summed E-state index contributed by atoms with van der Waals surface area (Å²) < 4.78 is 0. The molecular formula is C15H20N2O. The van der Waals surface area contributed by atoms with Gasteiger partial charge in [0.15, 0.2) is 0 Å². The van der Waals surface area contributed by atoms with Crippen LogP contribution in [0.2, 0.25) is 0 Å². The molecule has 3 heteroatoms. The van der Waals surface area contributed by atoms with Gasteiger partial charge in [-0.05, 0) is 36.4 Å². The number of amides is 1. The number of hydrogen-bond donors (Lipinski definition) is 2. The molecule has 0 radical (unpaired) electrons. The Hall–Kier alpha value is -1.35. The zero-order valence-corrected chi connectivity index (χ0v) is 10.8. The van der Waals surface area contributed by atoms with Crippen LogP contribution in [0.4, 0.5) is 0 Å². The van der Waals surface area contributed by atoms with Gasteiger partial charge in [-0.1, -0.05) is 31.2 Å². The van der Waals surface area contributed by atoms with E-state index in [4.69, 9.17) is 0 Å². The fraction of sp³-hybridized carbons (Fsp3) is 0.533. The molecule has 1 amide bonds. The number of rotatable bonds is 2. The van der Waals surface area contributed by atoms with E-state index < -0.39 is 0 Å². The van der Waals surface area contributed by atoms with Crippen molar-refractivity contribution >= 4 is 5.91 Å². The van der Waals surface area contributed by atoms with Crippen molar-refractivity contribution in [2.45, 2.75) is 25.8 Å². The molecule has 2 N–H and O–H groups in total. The van der Waals surface area contributed by atoms with E-state index in [0.29, 0.717) is 12.0 Å². The van der Waals surface area contributed by atoms with Gasteiger partial charge in [-0.3, -0.25) is 4.79 Å². The normalized spacial score (nSPS) is 27.2. The minimum absolute atomic E-state index is 0.147. The zero-order chi connectivity index (χ0) is 12.5. The Kier molecular flexibility index (Phi) is 3.08. The van der Waals surface area contributed by atoms with Crippen molar-refractivity contribution in [3.05, 3.63) is 35.4 Å². The summed E-state index contributed by atoms with van der Waals surface area (Å²) in [6.07, 6.45) is 1.97. The van der Waals surface area contributed by atoms with E-state index in [2.05, 4.69) is 41.8 Å². The number of benzene rings is 1. The number of hydrogen-bond acceptors (Lipinski definition) is 2. The van der Waals surface area contributed by atoms with Crippen LogP contribution in [0.3, 0.4) is 0 Å². The SMILES string of the molecule is C[C@@H]1CNC[C@H]1C(=O)NC1Cc2ccccc2C1. The highest BCUT2D eigenvalue weighted by Gasteiger charge is 2.31. The third-order valence-electron chi connectivity index (χ3n) is 4.25. The third-order valence-corrected chi connectivity index (χ3v) is 4.25. The molecule has 1 saturated heterocycles. The minimum Gasteiger partial charge on any atom is -0.352 e. The Balaban J connectivity index is 1.61. The second-order valence-corrected chi connectivity index (χ2v) is 5.62. The van der Waals surface area contributed by atoms with E-state index in [1.165, 1.54) is 11.1 Å². The van der Waals surface area contributed by atoms with E-state index in [0.717, 1.165) is 25.9 Å². The average molecular weight is 244 g/mol. The maximum atomic E-state index is 12.2. The highest BCUT2D eigenvalue weighted by atomic mass is 16.2. The number of nitrogens with one attached hydrogen (secondary N) is 2. The van der Waals surface area contributed by atoms with Gasteiger partial charge in [0.25, 0.3) is 0 Å². The van der Waals surface area contributed by atoms with E-state index in [9.17, 15) is 4.79 Å². The van der Waals surface area contributed by atoms with Crippen LogP contribution in [0.1, 0.15) is 18.1 Å². The van der Waals surface area contributed by atoms with Crippen LogP contribution in [0, 0.1) is 11.8 Å². The van der Waals surface area contributed by atoms with Gasteiger partial charge in [0.1, 0.15) is 0 Å². The molecule has 0 saturated carbocycles. The monoisotopic (exact) mass is 244 g/mol. The van der Waals surface area contributed by atoms with Crippen LogP contribution in [-0.4, -0.2) is 25.0 Å². The second kappa shape index (κ2) is 4.73. The fourth-order valence-corrected chi connectivity index (χ4v) is 3.13. The maximum absolute atomic E-state index is 12.2. The van der Waals surface area contributed by atoms with Gasteiger partial charge in [-0.15, -0.1) is 0 Å². The lowest BCUT2D eigenvalue weighted by Crippen LogP contribution is -2.41. The molecule has 1 heterocycles. The zero-order valence-electron chi connectivity index (χ0n) is 10.8. The summed E-state index contributed by atoms with van der Waals surface area (Å²) in [4.78, 5) is 12.2. The summed E-state index contributed by atoms with van der Waals surface area (Å²) in [7, 11) is 0. The van der Waals surface area contributed by atoms with Crippen LogP contribution in [-0.2, 0) is 17.6 Å². The predicted molar refractivity (Wildman–Crippen MR) is 71.3 cm³/mol. The Morgan fingerprint density at radius 3 is 2.44 bits per heavy atom. The van der Waals surface area contributed by atoms with Crippen molar-refractivity contribution in [1.82, 2.24) is 10.6 Å². The van der Waals surface area contributed by atoms with Crippen molar-refractivity contribution in [3.8, 4) is 0 Å². The standard InChI is InChI=1S/C15H20N2O/c1-10-8-16-9-14(10)15(18)17-13-6-11-4-2-3-5-12(11)7-13/h2-5,10,13-14,16H,6-9H2,1H3,(H,17,18)/t10-,14-/m1/s1. The molecule has 0 unspecified atom stereocenters. The molecule has 2 aliphatic rings. The quantitative estimate of drug-likeness (QED) is 0.818. The number of carbonyl (C=O) groups is 1. The van der Waals surface area contributed by atoms with E-state index in [-0.39, 0.29) is 11.8 Å². The number of fused-ring (bicyclic) bond motifs is 1. The molecule has 3 nitrogen and oxygen atoms in total. The van der Waals surface area contributed by atoms with Gasteiger partial charge in [0, 0.05) is 12.6 Å². The molecule has 1 aromatic carbocycles. The second-order valence-electron chi connectivity index (χ2n) is 5.62. The Morgan fingerprint density at radius 1 is 1.22 bits per heavy atom. The first kappa shape index (κ1) is 11.7. The smallest absolute Gasteiger partial charge is 0.224 e. The molecule has 0 bridgehead atoms. The van der Waals surface area contributed by atoms with Crippen molar-refractivity contribution in [3.63, 3.8) is 0 Å². The predicted octanol–water partition coefficient (Wildman–Crippen LogP) is 1.13.